The Bertz CT molecular complexity index is 299. The van der Waals surface area contributed by atoms with Crippen LogP contribution in [0.25, 0.3) is 0 Å². The number of hydrogen-bond acceptors (Lipinski definition) is 2. The Balaban J connectivity index is 1.76. The first kappa shape index (κ1) is 10.7. The van der Waals surface area contributed by atoms with Crippen LogP contribution in [0.2, 0.25) is 0 Å². The number of hydrogen-bond donors (Lipinski definition) is 1. The van der Waals surface area contributed by atoms with Crippen LogP contribution in [0.3, 0.4) is 0 Å². The van der Waals surface area contributed by atoms with Crippen molar-refractivity contribution in [2.24, 2.45) is 5.92 Å². The van der Waals surface area contributed by atoms with Crippen LogP contribution in [-0.4, -0.2) is 19.2 Å². The summed E-state index contributed by atoms with van der Waals surface area (Å²) in [5, 5.41) is 3.30. The number of rotatable bonds is 4. The summed E-state index contributed by atoms with van der Waals surface area (Å²) in [6, 6.07) is 11.0. The SMILES string of the molecule is CNC1CC(OCc2ccccc2)C1C. The molecular weight excluding hydrogens is 186 g/mol. The smallest absolute Gasteiger partial charge is 0.0720 e. The van der Waals surface area contributed by atoms with Crippen molar-refractivity contribution in [3.05, 3.63) is 35.9 Å². The zero-order valence-corrected chi connectivity index (χ0v) is 9.44. The second-order valence-electron chi connectivity index (χ2n) is 4.33. The van der Waals surface area contributed by atoms with Gasteiger partial charge in [0.15, 0.2) is 0 Å². The summed E-state index contributed by atoms with van der Waals surface area (Å²) in [5.41, 5.74) is 1.26. The zero-order chi connectivity index (χ0) is 10.7. The van der Waals surface area contributed by atoms with Gasteiger partial charge >= 0.3 is 0 Å². The third kappa shape index (κ3) is 2.39. The van der Waals surface area contributed by atoms with Gasteiger partial charge in [-0.3, -0.25) is 0 Å². The van der Waals surface area contributed by atoms with Crippen LogP contribution in [0.5, 0.6) is 0 Å². The first-order valence-corrected chi connectivity index (χ1v) is 5.64. The molecule has 2 nitrogen and oxygen atoms in total. The zero-order valence-electron chi connectivity index (χ0n) is 9.44. The predicted molar refractivity (Wildman–Crippen MR) is 61.6 cm³/mol. The van der Waals surface area contributed by atoms with Crippen LogP contribution >= 0.6 is 0 Å². The molecule has 0 bridgehead atoms. The van der Waals surface area contributed by atoms with Gasteiger partial charge in [0.1, 0.15) is 0 Å². The Hall–Kier alpha value is -0.860. The highest BCUT2D eigenvalue weighted by Gasteiger charge is 2.37. The van der Waals surface area contributed by atoms with E-state index in [1.165, 1.54) is 5.56 Å². The minimum absolute atomic E-state index is 0.433. The van der Waals surface area contributed by atoms with Crippen molar-refractivity contribution in [2.45, 2.75) is 32.1 Å². The minimum atomic E-state index is 0.433. The van der Waals surface area contributed by atoms with E-state index in [0.29, 0.717) is 18.1 Å². The summed E-state index contributed by atoms with van der Waals surface area (Å²) in [5.74, 6) is 0.638. The highest BCUT2D eigenvalue weighted by molar-refractivity contribution is 5.13. The van der Waals surface area contributed by atoms with Crippen molar-refractivity contribution in [3.8, 4) is 0 Å². The predicted octanol–water partition coefficient (Wildman–Crippen LogP) is 2.20. The summed E-state index contributed by atoms with van der Waals surface area (Å²) < 4.78 is 5.87. The second-order valence-corrected chi connectivity index (χ2v) is 4.33. The first-order valence-electron chi connectivity index (χ1n) is 5.64. The minimum Gasteiger partial charge on any atom is -0.373 e. The van der Waals surface area contributed by atoms with Crippen molar-refractivity contribution >= 4 is 0 Å². The largest absolute Gasteiger partial charge is 0.373 e. The number of ether oxygens (including phenoxy) is 1. The molecule has 0 heterocycles. The van der Waals surface area contributed by atoms with Gasteiger partial charge in [0.25, 0.3) is 0 Å². The average Bonchev–Trinajstić information content (AvgIpc) is 2.29. The van der Waals surface area contributed by atoms with E-state index < -0.39 is 0 Å². The van der Waals surface area contributed by atoms with E-state index in [1.807, 2.05) is 13.1 Å². The molecule has 1 fully saturated rings. The maximum absolute atomic E-state index is 5.87. The molecule has 3 unspecified atom stereocenters. The highest BCUT2D eigenvalue weighted by atomic mass is 16.5. The molecule has 0 aliphatic heterocycles. The molecular formula is C13H19NO. The molecule has 82 valence electrons. The topological polar surface area (TPSA) is 21.3 Å². The van der Waals surface area contributed by atoms with E-state index in [-0.39, 0.29) is 0 Å². The molecule has 2 rings (SSSR count). The molecule has 0 amide bonds. The van der Waals surface area contributed by atoms with Crippen molar-refractivity contribution in [3.63, 3.8) is 0 Å². The Morgan fingerprint density at radius 2 is 2.07 bits per heavy atom. The maximum atomic E-state index is 5.87. The lowest BCUT2D eigenvalue weighted by molar-refractivity contribution is -0.0684. The van der Waals surface area contributed by atoms with Gasteiger partial charge in [0.2, 0.25) is 0 Å². The molecule has 0 radical (unpaired) electrons. The molecule has 1 aromatic rings. The summed E-state index contributed by atoms with van der Waals surface area (Å²) in [6.45, 7) is 2.99. The Labute approximate surface area is 91.6 Å². The molecule has 0 aromatic heterocycles. The van der Waals surface area contributed by atoms with Gasteiger partial charge in [0, 0.05) is 6.04 Å². The maximum Gasteiger partial charge on any atom is 0.0720 e. The van der Waals surface area contributed by atoms with E-state index in [2.05, 4.69) is 36.5 Å². The lowest BCUT2D eigenvalue weighted by Gasteiger charge is -2.42. The lowest BCUT2D eigenvalue weighted by atomic mass is 9.78. The van der Waals surface area contributed by atoms with Gasteiger partial charge in [0.05, 0.1) is 12.7 Å². The summed E-state index contributed by atoms with van der Waals surface area (Å²) in [4.78, 5) is 0. The van der Waals surface area contributed by atoms with Gasteiger partial charge in [-0.15, -0.1) is 0 Å². The molecule has 1 aliphatic carbocycles. The Kier molecular flexibility index (Phi) is 3.39. The van der Waals surface area contributed by atoms with Gasteiger partial charge in [-0.1, -0.05) is 37.3 Å². The summed E-state index contributed by atoms with van der Waals surface area (Å²) in [6.07, 6.45) is 1.58. The quantitative estimate of drug-likeness (QED) is 0.813. The van der Waals surface area contributed by atoms with Crippen molar-refractivity contribution < 1.29 is 4.74 Å². The number of nitrogens with one attached hydrogen (secondary N) is 1. The van der Waals surface area contributed by atoms with E-state index in [0.717, 1.165) is 13.0 Å². The van der Waals surface area contributed by atoms with E-state index in [1.54, 1.807) is 0 Å². The van der Waals surface area contributed by atoms with Crippen LogP contribution < -0.4 is 5.32 Å². The highest BCUT2D eigenvalue weighted by Crippen LogP contribution is 2.30. The fraction of sp³-hybridized carbons (Fsp3) is 0.538. The molecule has 1 aliphatic rings. The standard InChI is InChI=1S/C13H19NO/c1-10-12(14-2)8-13(10)15-9-11-6-4-3-5-7-11/h3-7,10,12-14H,8-9H2,1-2H3. The van der Waals surface area contributed by atoms with Gasteiger partial charge in [-0.25, -0.2) is 0 Å². The summed E-state index contributed by atoms with van der Waals surface area (Å²) >= 11 is 0. The van der Waals surface area contributed by atoms with Gasteiger partial charge in [-0.2, -0.15) is 0 Å². The van der Waals surface area contributed by atoms with Gasteiger partial charge < -0.3 is 10.1 Å². The van der Waals surface area contributed by atoms with Gasteiger partial charge in [-0.05, 0) is 24.9 Å². The van der Waals surface area contributed by atoms with E-state index in [9.17, 15) is 0 Å². The van der Waals surface area contributed by atoms with Crippen molar-refractivity contribution in [1.82, 2.24) is 5.32 Å². The van der Waals surface area contributed by atoms with Crippen LogP contribution in [0, 0.1) is 5.92 Å². The molecule has 15 heavy (non-hydrogen) atoms. The first-order chi connectivity index (χ1) is 7.31. The second kappa shape index (κ2) is 4.77. The van der Waals surface area contributed by atoms with Crippen molar-refractivity contribution in [2.75, 3.05) is 7.05 Å². The fourth-order valence-electron chi connectivity index (χ4n) is 2.12. The third-order valence-electron chi connectivity index (χ3n) is 3.39. The van der Waals surface area contributed by atoms with Crippen LogP contribution in [0.4, 0.5) is 0 Å². The Morgan fingerprint density at radius 3 is 2.67 bits per heavy atom. The molecule has 2 heteroatoms. The molecule has 0 saturated heterocycles. The molecule has 1 N–H and O–H groups in total. The fourth-order valence-corrected chi connectivity index (χ4v) is 2.12. The van der Waals surface area contributed by atoms with E-state index in [4.69, 9.17) is 4.74 Å². The third-order valence-corrected chi connectivity index (χ3v) is 3.39. The molecule has 1 aromatic carbocycles. The molecule has 0 spiro atoms. The number of benzene rings is 1. The van der Waals surface area contributed by atoms with Crippen LogP contribution in [0.15, 0.2) is 30.3 Å². The van der Waals surface area contributed by atoms with Crippen LogP contribution in [-0.2, 0) is 11.3 Å². The van der Waals surface area contributed by atoms with Crippen molar-refractivity contribution in [1.29, 1.82) is 0 Å². The lowest BCUT2D eigenvalue weighted by Crippen LogP contribution is -2.52. The summed E-state index contributed by atoms with van der Waals surface area (Å²) in [7, 11) is 2.02. The normalized spacial score (nSPS) is 29.9. The molecule has 3 atom stereocenters. The molecule has 1 saturated carbocycles. The van der Waals surface area contributed by atoms with Crippen LogP contribution in [0.1, 0.15) is 18.9 Å². The Morgan fingerprint density at radius 1 is 1.33 bits per heavy atom. The average molecular weight is 205 g/mol. The van der Waals surface area contributed by atoms with E-state index >= 15 is 0 Å². The monoisotopic (exact) mass is 205 g/mol.